The average molecular weight is 521 g/mol. The molecule has 1 aliphatic heterocycles. The zero-order valence-corrected chi connectivity index (χ0v) is 21.9. The first-order valence-corrected chi connectivity index (χ1v) is 13.8. The van der Waals surface area contributed by atoms with Crippen molar-refractivity contribution in [1.82, 2.24) is 5.32 Å². The van der Waals surface area contributed by atoms with Crippen LogP contribution in [0, 0.1) is 6.92 Å². The number of hydrogen-bond donors (Lipinski definition) is 1. The second kappa shape index (κ2) is 9.57. The Labute approximate surface area is 215 Å². The molecule has 192 valence electrons. The number of furan rings is 1. The number of carbonyl (C=O) groups is 1. The number of sulfonamides is 1. The Kier molecular flexibility index (Phi) is 6.43. The number of amides is 1. The van der Waals surface area contributed by atoms with Crippen LogP contribution in [0.1, 0.15) is 34.5 Å². The van der Waals surface area contributed by atoms with E-state index in [0.29, 0.717) is 44.9 Å². The minimum atomic E-state index is -3.55. The molecule has 0 aliphatic carbocycles. The number of nitrogens with one attached hydrogen (secondary N) is 1. The van der Waals surface area contributed by atoms with Gasteiger partial charge in [0.25, 0.3) is 5.91 Å². The molecule has 0 fully saturated rings. The molecule has 1 aromatic heterocycles. The van der Waals surface area contributed by atoms with Crippen molar-refractivity contribution in [1.29, 1.82) is 0 Å². The lowest BCUT2D eigenvalue weighted by atomic mass is 10.0. The topological polar surface area (TPSA) is 98.1 Å². The van der Waals surface area contributed by atoms with Crippen molar-refractivity contribution in [2.24, 2.45) is 0 Å². The summed E-state index contributed by atoms with van der Waals surface area (Å²) in [7, 11) is -1.99. The molecule has 0 saturated heterocycles. The summed E-state index contributed by atoms with van der Waals surface area (Å²) in [6, 6.07) is 18.5. The van der Waals surface area contributed by atoms with E-state index in [1.807, 2.05) is 62.4 Å². The summed E-state index contributed by atoms with van der Waals surface area (Å²) < 4.78 is 44.4. The van der Waals surface area contributed by atoms with Gasteiger partial charge >= 0.3 is 0 Å². The first kappa shape index (κ1) is 24.9. The number of anilines is 1. The molecular formula is C28H28N2O6S. The second-order valence-electron chi connectivity index (χ2n) is 9.08. The van der Waals surface area contributed by atoms with Crippen LogP contribution in [0.4, 0.5) is 5.69 Å². The Balaban J connectivity index is 1.61. The normalized spacial score (nSPS) is 15.8. The highest BCUT2D eigenvalue weighted by molar-refractivity contribution is 7.92. The van der Waals surface area contributed by atoms with E-state index >= 15 is 0 Å². The van der Waals surface area contributed by atoms with Crippen molar-refractivity contribution in [3.05, 3.63) is 77.4 Å². The maximum Gasteiger partial charge on any atom is 0.255 e. The molecule has 9 heteroatoms. The third kappa shape index (κ3) is 4.80. The van der Waals surface area contributed by atoms with Crippen molar-refractivity contribution in [2.75, 3.05) is 30.8 Å². The first-order valence-electron chi connectivity index (χ1n) is 11.9. The van der Waals surface area contributed by atoms with E-state index in [1.165, 1.54) is 10.6 Å². The van der Waals surface area contributed by atoms with E-state index in [9.17, 15) is 13.2 Å². The highest BCUT2D eigenvalue weighted by Gasteiger charge is 2.30. The number of benzene rings is 3. The van der Waals surface area contributed by atoms with Gasteiger partial charge in [-0.2, -0.15) is 0 Å². The molecule has 0 unspecified atom stereocenters. The number of fused-ring (bicyclic) bond motifs is 2. The predicted octanol–water partition coefficient (Wildman–Crippen LogP) is 5.42. The summed E-state index contributed by atoms with van der Waals surface area (Å²) in [4.78, 5) is 13.0. The van der Waals surface area contributed by atoms with Gasteiger partial charge in [-0.05, 0) is 56.3 Å². The van der Waals surface area contributed by atoms with Crippen molar-refractivity contribution < 1.29 is 27.1 Å². The Morgan fingerprint density at radius 3 is 2.32 bits per heavy atom. The van der Waals surface area contributed by atoms with E-state index in [2.05, 4.69) is 5.32 Å². The predicted molar refractivity (Wildman–Crippen MR) is 143 cm³/mol. The summed E-state index contributed by atoms with van der Waals surface area (Å²) in [6.07, 6.45) is 0.806. The molecule has 1 atom stereocenters. The van der Waals surface area contributed by atoms with Gasteiger partial charge in [-0.1, -0.05) is 17.7 Å². The van der Waals surface area contributed by atoms with Crippen LogP contribution >= 0.6 is 0 Å². The lowest BCUT2D eigenvalue weighted by Gasteiger charge is -2.22. The zero-order chi connectivity index (χ0) is 26.3. The zero-order valence-electron chi connectivity index (χ0n) is 21.1. The average Bonchev–Trinajstić information content (AvgIpc) is 3.16. The number of carbonyl (C=O) groups excluding carboxylic acids is 1. The molecule has 8 nitrogen and oxygen atoms in total. The molecule has 3 aromatic carbocycles. The maximum atomic E-state index is 13.0. The fourth-order valence-electron chi connectivity index (χ4n) is 4.53. The van der Waals surface area contributed by atoms with Crippen molar-refractivity contribution >= 4 is 32.6 Å². The number of nitrogens with zero attached hydrogens (tertiary/aromatic N) is 1. The third-order valence-electron chi connectivity index (χ3n) is 6.43. The van der Waals surface area contributed by atoms with Crippen LogP contribution in [-0.2, 0) is 14.8 Å². The minimum absolute atomic E-state index is 0.194. The van der Waals surface area contributed by atoms with Crippen LogP contribution in [0.2, 0.25) is 0 Å². The summed E-state index contributed by atoms with van der Waals surface area (Å²) in [6.45, 7) is 4.33. The smallest absolute Gasteiger partial charge is 0.255 e. The molecule has 37 heavy (non-hydrogen) atoms. The van der Waals surface area contributed by atoms with Crippen LogP contribution in [0.5, 0.6) is 11.5 Å². The highest BCUT2D eigenvalue weighted by Crippen LogP contribution is 2.41. The minimum Gasteiger partial charge on any atom is -0.457 e. The Hall–Kier alpha value is -3.82. The Bertz CT molecular complexity index is 1570. The summed E-state index contributed by atoms with van der Waals surface area (Å²) >= 11 is 0. The summed E-state index contributed by atoms with van der Waals surface area (Å²) in [5.41, 5.74) is 3.78. The molecule has 1 aliphatic rings. The van der Waals surface area contributed by atoms with Crippen molar-refractivity contribution in [3.63, 3.8) is 0 Å². The van der Waals surface area contributed by atoms with Gasteiger partial charge in [0.1, 0.15) is 22.8 Å². The van der Waals surface area contributed by atoms with Gasteiger partial charge in [-0.15, -0.1) is 0 Å². The van der Waals surface area contributed by atoms with Crippen LogP contribution in [0.25, 0.3) is 22.3 Å². The molecule has 0 saturated carbocycles. The largest absolute Gasteiger partial charge is 0.457 e. The number of ether oxygens (including phenoxy) is 2. The third-order valence-corrected chi connectivity index (χ3v) is 7.61. The van der Waals surface area contributed by atoms with E-state index in [4.69, 9.17) is 13.9 Å². The van der Waals surface area contributed by atoms with Crippen LogP contribution in [0.15, 0.2) is 65.1 Å². The molecule has 5 rings (SSSR count). The Morgan fingerprint density at radius 2 is 1.70 bits per heavy atom. The lowest BCUT2D eigenvalue weighted by molar-refractivity contribution is 0.0769. The van der Waals surface area contributed by atoms with Crippen LogP contribution in [-0.4, -0.2) is 40.8 Å². The standard InChI is InChI=1S/C28H28N2O6S/c1-17-5-9-20(10-6-17)35-21-11-7-19(8-12-21)27-26(28(31)29-3)23-15-22-18(2)34-14-13-30(37(4,32)33)24(22)16-25(23)36-27/h5-12,15-16,18H,13-14H2,1-4H3,(H,29,31)/t18-/m0/s1. The van der Waals surface area contributed by atoms with Gasteiger partial charge < -0.3 is 19.2 Å². The van der Waals surface area contributed by atoms with Crippen LogP contribution in [0.3, 0.4) is 0 Å². The van der Waals surface area contributed by atoms with Crippen molar-refractivity contribution in [3.8, 4) is 22.8 Å². The van der Waals surface area contributed by atoms with E-state index in [1.54, 1.807) is 19.2 Å². The number of hydrogen-bond acceptors (Lipinski definition) is 6. The fourth-order valence-corrected chi connectivity index (χ4v) is 5.45. The van der Waals surface area contributed by atoms with Crippen LogP contribution < -0.4 is 14.4 Å². The monoisotopic (exact) mass is 520 g/mol. The number of aryl methyl sites for hydroxylation is 1. The van der Waals surface area contributed by atoms with Gasteiger partial charge in [-0.3, -0.25) is 9.10 Å². The fraction of sp³-hybridized carbons (Fsp3) is 0.250. The van der Waals surface area contributed by atoms with E-state index < -0.39 is 10.0 Å². The van der Waals surface area contributed by atoms with Gasteiger partial charge in [-0.25, -0.2) is 8.42 Å². The molecule has 0 bridgehead atoms. The quantitative estimate of drug-likeness (QED) is 0.378. The van der Waals surface area contributed by atoms with Gasteiger partial charge in [0.2, 0.25) is 10.0 Å². The molecule has 2 heterocycles. The first-order chi connectivity index (χ1) is 17.7. The van der Waals surface area contributed by atoms with Gasteiger partial charge in [0, 0.05) is 29.6 Å². The van der Waals surface area contributed by atoms with E-state index in [-0.39, 0.29) is 25.2 Å². The van der Waals surface area contributed by atoms with Crippen molar-refractivity contribution in [2.45, 2.75) is 20.0 Å². The van der Waals surface area contributed by atoms with Gasteiger partial charge in [0.05, 0.1) is 36.8 Å². The van der Waals surface area contributed by atoms with E-state index in [0.717, 1.165) is 11.3 Å². The lowest BCUT2D eigenvalue weighted by Crippen LogP contribution is -2.32. The SMILES string of the molecule is CNC(=O)c1c(-c2ccc(Oc3ccc(C)cc3)cc2)oc2cc3c(cc12)[C@H](C)OCCN3S(C)(=O)=O. The molecule has 1 N–H and O–H groups in total. The second-order valence-corrected chi connectivity index (χ2v) is 11.0. The molecular weight excluding hydrogens is 492 g/mol. The molecule has 0 spiro atoms. The van der Waals surface area contributed by atoms with Gasteiger partial charge in [0.15, 0.2) is 0 Å². The summed E-state index contributed by atoms with van der Waals surface area (Å²) in [5.74, 6) is 1.44. The molecule has 0 radical (unpaired) electrons. The maximum absolute atomic E-state index is 13.0. The summed E-state index contributed by atoms with van der Waals surface area (Å²) in [5, 5.41) is 3.28. The highest BCUT2D eigenvalue weighted by atomic mass is 32.2. The Morgan fingerprint density at radius 1 is 1.05 bits per heavy atom. The number of rotatable bonds is 5. The molecule has 1 amide bonds. The molecule has 4 aromatic rings.